The number of likely N-dealkylation sites (N-methyl/N-ethyl adjacent to an activating group) is 1. The highest BCUT2D eigenvalue weighted by atomic mass is 79.9. The highest BCUT2D eigenvalue weighted by Crippen LogP contribution is 2.28. The van der Waals surface area contributed by atoms with Crippen LogP contribution in [0.1, 0.15) is 12.5 Å². The van der Waals surface area contributed by atoms with Crippen molar-refractivity contribution >= 4 is 43.2 Å². The summed E-state index contributed by atoms with van der Waals surface area (Å²) in [5.74, 6) is 0.0739. The van der Waals surface area contributed by atoms with Gasteiger partial charge in [-0.1, -0.05) is 30.3 Å². The minimum absolute atomic E-state index is 0.0739. The molecule has 2 heterocycles. The van der Waals surface area contributed by atoms with Gasteiger partial charge in [0, 0.05) is 39.3 Å². The fourth-order valence-electron chi connectivity index (χ4n) is 3.16. The fraction of sp³-hybridized carbons (Fsp3) is 0.421. The first kappa shape index (κ1) is 21.4. The zero-order valence-electron chi connectivity index (χ0n) is 15.8. The van der Waals surface area contributed by atoms with Gasteiger partial charge in [0.25, 0.3) is 10.0 Å². The number of halogens is 1. The molecule has 1 aliphatic rings. The first-order valence-electron chi connectivity index (χ1n) is 9.19. The van der Waals surface area contributed by atoms with E-state index in [1.807, 2.05) is 47.1 Å². The lowest BCUT2D eigenvalue weighted by atomic mass is 10.2. The largest absolute Gasteiger partial charge is 0.338 e. The van der Waals surface area contributed by atoms with E-state index in [0.717, 1.165) is 9.35 Å². The van der Waals surface area contributed by atoms with Gasteiger partial charge < -0.3 is 4.90 Å². The molecule has 28 heavy (non-hydrogen) atoms. The van der Waals surface area contributed by atoms with Crippen molar-refractivity contribution in [2.45, 2.75) is 17.7 Å². The molecule has 1 fully saturated rings. The molecule has 2 aromatic rings. The number of rotatable bonds is 7. The third kappa shape index (κ3) is 5.21. The molecule has 1 aromatic carbocycles. The topological polar surface area (TPSA) is 60.9 Å². The van der Waals surface area contributed by atoms with Gasteiger partial charge in [0.15, 0.2) is 0 Å². The molecule has 0 radical (unpaired) electrons. The Morgan fingerprint density at radius 3 is 2.36 bits per heavy atom. The van der Waals surface area contributed by atoms with Gasteiger partial charge in [0.05, 0.1) is 10.3 Å². The molecular weight excluding hydrogens is 462 g/mol. The second-order valence-electron chi connectivity index (χ2n) is 6.63. The number of sulfonamides is 1. The first-order valence-corrected chi connectivity index (χ1v) is 12.2. The van der Waals surface area contributed by atoms with Crippen LogP contribution >= 0.6 is 27.3 Å². The molecule has 9 heteroatoms. The van der Waals surface area contributed by atoms with Gasteiger partial charge >= 0.3 is 0 Å². The Hall–Kier alpha value is -1.26. The van der Waals surface area contributed by atoms with Crippen LogP contribution in [0.2, 0.25) is 0 Å². The molecule has 0 aliphatic carbocycles. The van der Waals surface area contributed by atoms with Gasteiger partial charge in [-0.05, 0) is 40.5 Å². The summed E-state index contributed by atoms with van der Waals surface area (Å²) in [5, 5.41) is 0. The van der Waals surface area contributed by atoms with Crippen LogP contribution < -0.4 is 0 Å². The average molecular weight is 486 g/mol. The van der Waals surface area contributed by atoms with Crippen molar-refractivity contribution in [1.29, 1.82) is 0 Å². The number of carbonyl (C=O) groups excluding carboxylic acids is 1. The second-order valence-corrected chi connectivity index (χ2v) is 11.3. The SMILES string of the molecule is CCN(Cc1ccccc1)C(=O)CN1CCN(S(=O)(=O)c2ccc(Br)s2)CC1. The van der Waals surface area contributed by atoms with Crippen LogP contribution in [-0.4, -0.2) is 67.7 Å². The van der Waals surface area contributed by atoms with Crippen molar-refractivity contribution in [2.24, 2.45) is 0 Å². The van der Waals surface area contributed by atoms with E-state index in [-0.39, 0.29) is 5.91 Å². The number of hydrogen-bond donors (Lipinski definition) is 0. The predicted octanol–water partition coefficient (Wildman–Crippen LogP) is 2.87. The van der Waals surface area contributed by atoms with Gasteiger partial charge in [-0.15, -0.1) is 11.3 Å². The van der Waals surface area contributed by atoms with Crippen molar-refractivity contribution in [3.05, 3.63) is 51.8 Å². The summed E-state index contributed by atoms with van der Waals surface area (Å²) in [4.78, 5) is 16.6. The molecule has 1 aliphatic heterocycles. The summed E-state index contributed by atoms with van der Waals surface area (Å²) in [7, 11) is -3.45. The molecule has 152 valence electrons. The highest BCUT2D eigenvalue weighted by molar-refractivity contribution is 9.11. The van der Waals surface area contributed by atoms with Gasteiger partial charge in [-0.3, -0.25) is 9.69 Å². The van der Waals surface area contributed by atoms with Crippen molar-refractivity contribution in [1.82, 2.24) is 14.1 Å². The van der Waals surface area contributed by atoms with Crippen LogP contribution in [0.5, 0.6) is 0 Å². The van der Waals surface area contributed by atoms with E-state index in [4.69, 9.17) is 0 Å². The molecule has 1 saturated heterocycles. The lowest BCUT2D eigenvalue weighted by Gasteiger charge is -2.34. The molecule has 0 atom stereocenters. The number of thiophene rings is 1. The Kier molecular flexibility index (Phi) is 7.27. The Balaban J connectivity index is 1.54. The van der Waals surface area contributed by atoms with E-state index in [2.05, 4.69) is 15.9 Å². The van der Waals surface area contributed by atoms with Gasteiger partial charge in [0.1, 0.15) is 4.21 Å². The molecule has 0 unspecified atom stereocenters. The Morgan fingerprint density at radius 1 is 1.11 bits per heavy atom. The summed E-state index contributed by atoms with van der Waals surface area (Å²) in [6.45, 7) is 5.45. The van der Waals surface area contributed by atoms with E-state index >= 15 is 0 Å². The summed E-state index contributed by atoms with van der Waals surface area (Å²) in [6.07, 6.45) is 0. The number of piperazine rings is 1. The van der Waals surface area contributed by atoms with E-state index < -0.39 is 10.0 Å². The molecule has 0 spiro atoms. The summed E-state index contributed by atoms with van der Waals surface area (Å²) < 4.78 is 28.1. The standard InChI is InChI=1S/C19H24BrN3O3S2/c1-2-22(14-16-6-4-3-5-7-16)18(24)15-21-10-12-23(13-11-21)28(25,26)19-9-8-17(20)27-19/h3-9H,2,10-15H2,1H3. The molecule has 1 amide bonds. The molecule has 3 rings (SSSR count). The molecule has 6 nitrogen and oxygen atoms in total. The van der Waals surface area contributed by atoms with Crippen molar-refractivity contribution < 1.29 is 13.2 Å². The molecular formula is C19H24BrN3O3S2. The Morgan fingerprint density at radius 2 is 1.79 bits per heavy atom. The molecule has 1 aromatic heterocycles. The average Bonchev–Trinajstić information content (AvgIpc) is 3.14. The van der Waals surface area contributed by atoms with Crippen LogP contribution in [0.25, 0.3) is 0 Å². The van der Waals surface area contributed by atoms with Crippen molar-refractivity contribution in [3.8, 4) is 0 Å². The fourth-order valence-corrected chi connectivity index (χ4v) is 6.75. The van der Waals surface area contributed by atoms with Crippen LogP contribution in [0.3, 0.4) is 0 Å². The minimum Gasteiger partial charge on any atom is -0.338 e. The second kappa shape index (κ2) is 9.49. The van der Waals surface area contributed by atoms with Gasteiger partial charge in [0.2, 0.25) is 5.91 Å². The third-order valence-electron chi connectivity index (χ3n) is 4.78. The summed E-state index contributed by atoms with van der Waals surface area (Å²) in [6, 6.07) is 13.3. The monoisotopic (exact) mass is 485 g/mol. The van der Waals surface area contributed by atoms with Gasteiger partial charge in [-0.2, -0.15) is 4.31 Å². The van der Waals surface area contributed by atoms with Gasteiger partial charge in [-0.25, -0.2) is 8.42 Å². The quantitative estimate of drug-likeness (QED) is 0.604. The highest BCUT2D eigenvalue weighted by Gasteiger charge is 2.30. The van der Waals surface area contributed by atoms with Crippen LogP contribution in [0.15, 0.2) is 50.5 Å². The number of carbonyl (C=O) groups is 1. The number of nitrogens with zero attached hydrogens (tertiary/aromatic N) is 3. The Bertz CT molecular complexity index is 894. The molecule has 0 saturated carbocycles. The zero-order valence-corrected chi connectivity index (χ0v) is 19.0. The van der Waals surface area contributed by atoms with E-state index in [1.54, 1.807) is 12.1 Å². The summed E-state index contributed by atoms with van der Waals surface area (Å²) >= 11 is 4.53. The van der Waals surface area contributed by atoms with Crippen LogP contribution in [0, 0.1) is 0 Å². The number of amides is 1. The summed E-state index contributed by atoms with van der Waals surface area (Å²) in [5.41, 5.74) is 1.11. The number of hydrogen-bond acceptors (Lipinski definition) is 5. The molecule has 0 bridgehead atoms. The third-order valence-corrected chi connectivity index (χ3v) is 8.77. The van der Waals surface area contributed by atoms with Crippen LogP contribution in [-0.2, 0) is 21.4 Å². The van der Waals surface area contributed by atoms with E-state index in [0.29, 0.717) is 50.0 Å². The Labute approximate surface area is 178 Å². The van der Waals surface area contributed by atoms with Crippen molar-refractivity contribution in [3.63, 3.8) is 0 Å². The van der Waals surface area contributed by atoms with E-state index in [1.165, 1.54) is 15.6 Å². The van der Waals surface area contributed by atoms with E-state index in [9.17, 15) is 13.2 Å². The normalized spacial score (nSPS) is 16.2. The maximum absolute atomic E-state index is 12.7. The predicted molar refractivity (Wildman–Crippen MR) is 115 cm³/mol. The lowest BCUT2D eigenvalue weighted by molar-refractivity contribution is -0.133. The minimum atomic E-state index is -3.45. The van der Waals surface area contributed by atoms with Crippen LogP contribution in [0.4, 0.5) is 0 Å². The smallest absolute Gasteiger partial charge is 0.252 e. The maximum atomic E-state index is 12.7. The number of benzene rings is 1. The zero-order chi connectivity index (χ0) is 20.1. The van der Waals surface area contributed by atoms with Crippen molar-refractivity contribution in [2.75, 3.05) is 39.3 Å². The maximum Gasteiger partial charge on any atom is 0.252 e. The molecule has 0 N–H and O–H groups in total. The lowest BCUT2D eigenvalue weighted by Crippen LogP contribution is -2.51. The first-order chi connectivity index (χ1) is 13.4.